The van der Waals surface area contributed by atoms with E-state index in [-0.39, 0.29) is 0 Å². The van der Waals surface area contributed by atoms with Gasteiger partial charge >= 0.3 is 5.97 Å². The van der Waals surface area contributed by atoms with E-state index in [1.807, 2.05) is 0 Å². The molecule has 13 heavy (non-hydrogen) atoms. The fourth-order valence-electron chi connectivity index (χ4n) is 0.853. The third kappa shape index (κ3) is 2.54. The van der Waals surface area contributed by atoms with Gasteiger partial charge in [-0.3, -0.25) is 9.48 Å². The number of carboxylic acids is 1. The molecular formula is C8H13N3O2. The van der Waals surface area contributed by atoms with Gasteiger partial charge in [-0.15, -0.1) is 5.10 Å². The van der Waals surface area contributed by atoms with Crippen molar-refractivity contribution in [2.45, 2.75) is 26.8 Å². The lowest BCUT2D eigenvalue weighted by atomic mass is 9.90. The first-order chi connectivity index (χ1) is 6.02. The van der Waals surface area contributed by atoms with Crippen LogP contribution >= 0.6 is 0 Å². The highest BCUT2D eigenvalue weighted by molar-refractivity contribution is 5.73. The van der Waals surface area contributed by atoms with Crippen LogP contribution in [0.3, 0.4) is 0 Å². The lowest BCUT2D eigenvalue weighted by molar-refractivity contribution is -0.147. The van der Waals surface area contributed by atoms with Crippen molar-refractivity contribution in [2.24, 2.45) is 5.41 Å². The van der Waals surface area contributed by atoms with E-state index in [1.54, 1.807) is 30.9 Å². The van der Waals surface area contributed by atoms with E-state index < -0.39 is 11.4 Å². The molecule has 0 saturated carbocycles. The molecule has 1 N–H and O–H groups in total. The number of carboxylic acid groups (broad SMARTS) is 1. The summed E-state index contributed by atoms with van der Waals surface area (Å²) < 4.78 is 1.63. The molecule has 0 aromatic carbocycles. The molecule has 0 fully saturated rings. The van der Waals surface area contributed by atoms with E-state index in [0.717, 1.165) is 0 Å². The maximum atomic E-state index is 10.7. The molecule has 0 aliphatic rings. The second-order valence-electron chi connectivity index (χ2n) is 3.61. The van der Waals surface area contributed by atoms with Crippen LogP contribution in [0.25, 0.3) is 0 Å². The highest BCUT2D eigenvalue weighted by atomic mass is 16.4. The Balaban J connectivity index is 2.47. The first-order valence-electron chi connectivity index (χ1n) is 4.10. The van der Waals surface area contributed by atoms with Crippen LogP contribution in [0.2, 0.25) is 0 Å². The van der Waals surface area contributed by atoms with Gasteiger partial charge in [0.1, 0.15) is 0 Å². The molecule has 0 atom stereocenters. The van der Waals surface area contributed by atoms with Crippen molar-refractivity contribution < 1.29 is 9.90 Å². The summed E-state index contributed by atoms with van der Waals surface area (Å²) in [5.74, 6) is -0.785. The van der Waals surface area contributed by atoms with Gasteiger partial charge in [-0.1, -0.05) is 5.21 Å². The lowest BCUT2D eigenvalue weighted by Crippen LogP contribution is -2.25. The van der Waals surface area contributed by atoms with Crippen LogP contribution in [-0.2, 0) is 11.3 Å². The lowest BCUT2D eigenvalue weighted by Gasteiger charge is -2.18. The average Bonchev–Trinajstić information content (AvgIpc) is 2.52. The van der Waals surface area contributed by atoms with Crippen molar-refractivity contribution in [1.29, 1.82) is 0 Å². The Morgan fingerprint density at radius 3 is 2.77 bits per heavy atom. The molecule has 0 saturated heterocycles. The molecular weight excluding hydrogens is 170 g/mol. The maximum absolute atomic E-state index is 10.7. The minimum Gasteiger partial charge on any atom is -0.481 e. The Bertz CT molecular complexity index is 280. The predicted molar refractivity (Wildman–Crippen MR) is 46.1 cm³/mol. The maximum Gasteiger partial charge on any atom is 0.309 e. The molecule has 5 heteroatoms. The van der Waals surface area contributed by atoms with Crippen LogP contribution in [-0.4, -0.2) is 26.1 Å². The third-order valence-corrected chi connectivity index (χ3v) is 2.02. The Labute approximate surface area is 76.4 Å². The summed E-state index contributed by atoms with van der Waals surface area (Å²) in [6.45, 7) is 3.98. The van der Waals surface area contributed by atoms with Crippen LogP contribution in [0, 0.1) is 5.41 Å². The molecule has 0 aliphatic heterocycles. The third-order valence-electron chi connectivity index (χ3n) is 2.02. The molecule has 1 aromatic heterocycles. The van der Waals surface area contributed by atoms with Crippen molar-refractivity contribution in [2.75, 3.05) is 0 Å². The molecule has 72 valence electrons. The molecule has 5 nitrogen and oxygen atoms in total. The first-order valence-corrected chi connectivity index (χ1v) is 4.10. The number of nitrogens with zero attached hydrogens (tertiary/aromatic N) is 3. The molecule has 0 bridgehead atoms. The monoisotopic (exact) mass is 183 g/mol. The van der Waals surface area contributed by atoms with Gasteiger partial charge in [-0.05, 0) is 20.3 Å². The summed E-state index contributed by atoms with van der Waals surface area (Å²) in [6.07, 6.45) is 3.84. The fraction of sp³-hybridized carbons (Fsp3) is 0.625. The van der Waals surface area contributed by atoms with Crippen LogP contribution in [0.5, 0.6) is 0 Å². The zero-order chi connectivity index (χ0) is 9.90. The summed E-state index contributed by atoms with van der Waals surface area (Å²) >= 11 is 0. The predicted octanol–water partition coefficient (Wildman–Crippen LogP) is 0.779. The summed E-state index contributed by atoms with van der Waals surface area (Å²) in [6, 6.07) is 0. The fourth-order valence-corrected chi connectivity index (χ4v) is 0.853. The highest BCUT2D eigenvalue weighted by Gasteiger charge is 2.26. The van der Waals surface area contributed by atoms with E-state index >= 15 is 0 Å². The van der Waals surface area contributed by atoms with Gasteiger partial charge in [0.15, 0.2) is 0 Å². The number of aromatic nitrogens is 3. The van der Waals surface area contributed by atoms with Crippen molar-refractivity contribution >= 4 is 5.97 Å². The largest absolute Gasteiger partial charge is 0.481 e. The number of aryl methyl sites for hydroxylation is 1. The second kappa shape index (κ2) is 3.55. The summed E-state index contributed by atoms with van der Waals surface area (Å²) in [4.78, 5) is 10.7. The minimum atomic E-state index is -0.785. The second-order valence-corrected chi connectivity index (χ2v) is 3.61. The molecule has 0 amide bonds. The van der Waals surface area contributed by atoms with E-state index in [9.17, 15) is 4.79 Å². The minimum absolute atomic E-state index is 0.547. The van der Waals surface area contributed by atoms with Gasteiger partial charge in [-0.2, -0.15) is 0 Å². The molecule has 0 radical (unpaired) electrons. The van der Waals surface area contributed by atoms with E-state index in [1.165, 1.54) is 0 Å². The van der Waals surface area contributed by atoms with Crippen molar-refractivity contribution in [1.82, 2.24) is 15.0 Å². The molecule has 0 spiro atoms. The van der Waals surface area contributed by atoms with Crippen LogP contribution in [0.4, 0.5) is 0 Å². The smallest absolute Gasteiger partial charge is 0.309 e. The Kier molecular flexibility index (Phi) is 2.65. The van der Waals surface area contributed by atoms with Gasteiger partial charge in [-0.25, -0.2) is 0 Å². The van der Waals surface area contributed by atoms with Crippen molar-refractivity contribution in [3.8, 4) is 0 Å². The number of aliphatic carboxylic acids is 1. The van der Waals surface area contributed by atoms with Gasteiger partial charge in [0, 0.05) is 12.7 Å². The van der Waals surface area contributed by atoms with Crippen LogP contribution < -0.4 is 0 Å². The van der Waals surface area contributed by atoms with Gasteiger partial charge in [0.05, 0.1) is 11.6 Å². The molecule has 0 unspecified atom stereocenters. The first kappa shape index (κ1) is 9.70. The molecule has 1 heterocycles. The number of hydrogen-bond acceptors (Lipinski definition) is 3. The Morgan fingerprint density at radius 1 is 1.62 bits per heavy atom. The topological polar surface area (TPSA) is 68.0 Å². The number of rotatable bonds is 4. The quantitative estimate of drug-likeness (QED) is 0.748. The Hall–Kier alpha value is -1.39. The van der Waals surface area contributed by atoms with Gasteiger partial charge in [0.25, 0.3) is 0 Å². The molecule has 1 aromatic rings. The number of hydrogen-bond donors (Lipinski definition) is 1. The van der Waals surface area contributed by atoms with Crippen molar-refractivity contribution in [3.05, 3.63) is 12.4 Å². The van der Waals surface area contributed by atoms with Crippen molar-refractivity contribution in [3.63, 3.8) is 0 Å². The van der Waals surface area contributed by atoms with E-state index in [2.05, 4.69) is 10.3 Å². The van der Waals surface area contributed by atoms with Crippen LogP contribution in [0.1, 0.15) is 20.3 Å². The van der Waals surface area contributed by atoms with Gasteiger partial charge < -0.3 is 5.11 Å². The summed E-state index contributed by atoms with van der Waals surface area (Å²) in [5.41, 5.74) is -0.702. The van der Waals surface area contributed by atoms with Crippen LogP contribution in [0.15, 0.2) is 12.4 Å². The normalized spacial score (nSPS) is 11.5. The SMILES string of the molecule is CC(C)(CCn1ccnn1)C(=O)O. The summed E-state index contributed by atoms with van der Waals surface area (Å²) in [5, 5.41) is 16.2. The molecule has 1 rings (SSSR count). The van der Waals surface area contributed by atoms with Gasteiger partial charge in [0.2, 0.25) is 0 Å². The zero-order valence-electron chi connectivity index (χ0n) is 7.77. The standard InChI is InChI=1S/C8H13N3O2/c1-8(2,7(12)13)3-5-11-6-4-9-10-11/h4,6H,3,5H2,1-2H3,(H,12,13). The summed E-state index contributed by atoms with van der Waals surface area (Å²) in [7, 11) is 0. The van der Waals surface area contributed by atoms with E-state index in [4.69, 9.17) is 5.11 Å². The Morgan fingerprint density at radius 2 is 2.31 bits per heavy atom. The average molecular weight is 183 g/mol. The number of carbonyl (C=O) groups is 1. The molecule has 0 aliphatic carbocycles. The van der Waals surface area contributed by atoms with E-state index in [0.29, 0.717) is 13.0 Å². The zero-order valence-corrected chi connectivity index (χ0v) is 7.77. The highest BCUT2D eigenvalue weighted by Crippen LogP contribution is 2.20.